The van der Waals surface area contributed by atoms with Crippen LogP contribution in [0.2, 0.25) is 0 Å². The summed E-state index contributed by atoms with van der Waals surface area (Å²) < 4.78 is 20.0. The Morgan fingerprint density at radius 3 is 2.62 bits per heavy atom. The number of nitrogens with one attached hydrogen (secondary N) is 2. The molecule has 1 aromatic carbocycles. The first-order valence-electron chi connectivity index (χ1n) is 13.9. The van der Waals surface area contributed by atoms with E-state index in [0.29, 0.717) is 17.4 Å². The van der Waals surface area contributed by atoms with E-state index in [-0.39, 0.29) is 29.8 Å². The number of pyridine rings is 2. The number of methoxy groups -OCH3 is 1. The lowest BCUT2D eigenvalue weighted by Crippen LogP contribution is -2.43. The topological polar surface area (TPSA) is 117 Å². The highest BCUT2D eigenvalue weighted by Gasteiger charge is 2.22. The van der Waals surface area contributed by atoms with Gasteiger partial charge in [-0.05, 0) is 43.2 Å². The number of aromatic nitrogens is 4. The van der Waals surface area contributed by atoms with Crippen molar-refractivity contribution in [3.8, 4) is 28.3 Å². The van der Waals surface area contributed by atoms with Crippen LogP contribution in [0.4, 0.5) is 27.5 Å². The quantitative estimate of drug-likeness (QED) is 0.288. The average Bonchev–Trinajstić information content (AvgIpc) is 3.01. The molecule has 0 aliphatic carbocycles. The standard InChI is InChI=1S/C30H34FN9O.ClH/c1-41-25-6-2-5-23(31)29(25)30-34-10-9-26(38-30)37-27-16-24(40-13-3-4-21(32)19-40)22(18-35-27)20-7-8-28(36-17-20)39-14-11-33-12-15-39;/h2,5-10,16-18,21,33H,3-4,11-15,19,32H2,1H3,(H,34,35,37,38);1H/t21-;/m0./s1. The third-order valence-corrected chi connectivity index (χ3v) is 7.51. The zero-order valence-electron chi connectivity index (χ0n) is 23.5. The second-order valence-corrected chi connectivity index (χ2v) is 10.3. The number of hydrogen-bond acceptors (Lipinski definition) is 10. The summed E-state index contributed by atoms with van der Waals surface area (Å²) in [6.45, 7) is 5.47. The maximum absolute atomic E-state index is 14.7. The van der Waals surface area contributed by atoms with Crippen molar-refractivity contribution in [3.63, 3.8) is 0 Å². The molecule has 2 aliphatic heterocycles. The van der Waals surface area contributed by atoms with E-state index < -0.39 is 5.82 Å². The molecule has 3 aromatic heterocycles. The SMILES string of the molecule is COc1cccc(F)c1-c1nccc(Nc2cc(N3CCC[C@H](N)C3)c(-c3ccc(N4CCNCC4)nc3)cn2)n1.Cl. The second kappa shape index (κ2) is 13.3. The normalized spacial score (nSPS) is 17.0. The van der Waals surface area contributed by atoms with Gasteiger partial charge in [0.1, 0.15) is 29.0 Å². The van der Waals surface area contributed by atoms with Crippen LogP contribution in [0.25, 0.3) is 22.5 Å². The molecule has 0 bridgehead atoms. The number of benzene rings is 1. The number of anilines is 4. The molecule has 10 nitrogen and oxygen atoms in total. The van der Waals surface area contributed by atoms with Gasteiger partial charge in [0, 0.05) is 86.8 Å². The van der Waals surface area contributed by atoms with Gasteiger partial charge in [0.25, 0.3) is 0 Å². The molecule has 220 valence electrons. The lowest BCUT2D eigenvalue weighted by atomic mass is 10.0. The minimum absolute atomic E-state index is 0. The van der Waals surface area contributed by atoms with Crippen LogP contribution in [0, 0.1) is 5.82 Å². The molecule has 1 atom stereocenters. The van der Waals surface area contributed by atoms with Crippen LogP contribution in [0.3, 0.4) is 0 Å². The molecule has 6 rings (SSSR count). The first-order valence-corrected chi connectivity index (χ1v) is 13.9. The van der Waals surface area contributed by atoms with Crippen LogP contribution in [-0.4, -0.2) is 72.4 Å². The van der Waals surface area contributed by atoms with Crippen molar-refractivity contribution in [1.29, 1.82) is 0 Å². The largest absolute Gasteiger partial charge is 0.496 e. The van der Waals surface area contributed by atoms with Crippen LogP contribution in [-0.2, 0) is 0 Å². The van der Waals surface area contributed by atoms with Gasteiger partial charge in [0.2, 0.25) is 0 Å². The smallest absolute Gasteiger partial charge is 0.168 e. The minimum Gasteiger partial charge on any atom is -0.496 e. The van der Waals surface area contributed by atoms with Crippen molar-refractivity contribution in [3.05, 3.63) is 66.9 Å². The first kappa shape index (κ1) is 29.4. The van der Waals surface area contributed by atoms with Gasteiger partial charge in [-0.3, -0.25) is 0 Å². The van der Waals surface area contributed by atoms with E-state index in [0.717, 1.165) is 74.7 Å². The molecule has 0 unspecified atom stereocenters. The van der Waals surface area contributed by atoms with E-state index in [9.17, 15) is 4.39 Å². The van der Waals surface area contributed by atoms with Gasteiger partial charge in [-0.25, -0.2) is 24.3 Å². The zero-order chi connectivity index (χ0) is 28.2. The summed E-state index contributed by atoms with van der Waals surface area (Å²) in [5.41, 5.74) is 9.59. The van der Waals surface area contributed by atoms with Gasteiger partial charge < -0.3 is 30.9 Å². The lowest BCUT2D eigenvalue weighted by Gasteiger charge is -2.34. The Hall–Kier alpha value is -4.06. The number of halogens is 2. The summed E-state index contributed by atoms with van der Waals surface area (Å²) in [6, 6.07) is 12.7. The van der Waals surface area contributed by atoms with Gasteiger partial charge in [-0.2, -0.15) is 0 Å². The fourth-order valence-electron chi connectivity index (χ4n) is 5.42. The van der Waals surface area contributed by atoms with E-state index in [4.69, 9.17) is 20.4 Å². The summed E-state index contributed by atoms with van der Waals surface area (Å²) in [5, 5.41) is 6.66. The number of nitrogens with two attached hydrogens (primary N) is 1. The summed E-state index contributed by atoms with van der Waals surface area (Å²) in [6.07, 6.45) is 7.40. The molecule has 4 N–H and O–H groups in total. The highest BCUT2D eigenvalue weighted by Crippen LogP contribution is 2.35. The van der Waals surface area contributed by atoms with E-state index in [1.54, 1.807) is 24.4 Å². The van der Waals surface area contributed by atoms with Crippen molar-refractivity contribution in [1.82, 2.24) is 25.3 Å². The van der Waals surface area contributed by atoms with Crippen LogP contribution < -0.4 is 30.9 Å². The van der Waals surface area contributed by atoms with Gasteiger partial charge in [0.15, 0.2) is 5.82 Å². The average molecular weight is 592 g/mol. The summed E-state index contributed by atoms with van der Waals surface area (Å²) >= 11 is 0. The molecule has 5 heterocycles. The summed E-state index contributed by atoms with van der Waals surface area (Å²) in [4.78, 5) is 23.0. The molecule has 4 aromatic rings. The third-order valence-electron chi connectivity index (χ3n) is 7.51. The van der Waals surface area contributed by atoms with Crippen LogP contribution in [0.5, 0.6) is 5.75 Å². The van der Waals surface area contributed by atoms with Gasteiger partial charge in [0.05, 0.1) is 12.7 Å². The Kier molecular flexibility index (Phi) is 9.31. The van der Waals surface area contributed by atoms with E-state index >= 15 is 0 Å². The van der Waals surface area contributed by atoms with E-state index in [1.807, 2.05) is 18.5 Å². The number of piperidine rings is 1. The Morgan fingerprint density at radius 2 is 1.86 bits per heavy atom. The molecule has 0 radical (unpaired) electrons. The molecule has 2 aliphatic rings. The van der Waals surface area contributed by atoms with Gasteiger partial charge in [-0.15, -0.1) is 12.4 Å². The predicted molar refractivity (Wildman–Crippen MR) is 166 cm³/mol. The highest BCUT2D eigenvalue weighted by molar-refractivity contribution is 5.85. The van der Waals surface area contributed by atoms with Gasteiger partial charge >= 0.3 is 0 Å². The third kappa shape index (κ3) is 6.38. The Bertz CT molecular complexity index is 1500. The fourth-order valence-corrected chi connectivity index (χ4v) is 5.42. The number of hydrogen-bond donors (Lipinski definition) is 3. The van der Waals surface area contributed by atoms with Crippen LogP contribution in [0.15, 0.2) is 61.1 Å². The summed E-state index contributed by atoms with van der Waals surface area (Å²) in [5.74, 6) is 2.21. The van der Waals surface area contributed by atoms with Crippen molar-refractivity contribution < 1.29 is 9.13 Å². The number of ether oxygens (including phenoxy) is 1. The number of rotatable bonds is 7. The molecule has 2 saturated heterocycles. The number of piperazine rings is 1. The molecule has 12 heteroatoms. The van der Waals surface area contributed by atoms with Crippen molar-refractivity contribution in [2.75, 3.05) is 61.5 Å². The molecule has 2 fully saturated rings. The molecule has 0 saturated carbocycles. The van der Waals surface area contributed by atoms with Crippen molar-refractivity contribution in [2.24, 2.45) is 5.73 Å². The molecule has 0 amide bonds. The van der Waals surface area contributed by atoms with E-state index in [2.05, 4.69) is 42.5 Å². The second-order valence-electron chi connectivity index (χ2n) is 10.3. The lowest BCUT2D eigenvalue weighted by molar-refractivity contribution is 0.413. The Morgan fingerprint density at radius 1 is 1.00 bits per heavy atom. The summed E-state index contributed by atoms with van der Waals surface area (Å²) in [7, 11) is 1.49. The molecule has 0 spiro atoms. The van der Waals surface area contributed by atoms with Crippen molar-refractivity contribution in [2.45, 2.75) is 18.9 Å². The zero-order valence-corrected chi connectivity index (χ0v) is 24.3. The predicted octanol–water partition coefficient (Wildman–Crippen LogP) is 4.25. The molecule has 42 heavy (non-hydrogen) atoms. The first-order chi connectivity index (χ1) is 20.1. The monoisotopic (exact) mass is 591 g/mol. The number of nitrogens with zero attached hydrogens (tertiary/aromatic N) is 6. The fraction of sp³-hybridized carbons (Fsp3) is 0.333. The minimum atomic E-state index is -0.454. The van der Waals surface area contributed by atoms with Crippen LogP contribution in [0.1, 0.15) is 12.8 Å². The van der Waals surface area contributed by atoms with E-state index in [1.165, 1.54) is 13.2 Å². The maximum atomic E-state index is 14.7. The molecular weight excluding hydrogens is 557 g/mol. The maximum Gasteiger partial charge on any atom is 0.168 e. The Balaban J connectivity index is 0.00000353. The highest BCUT2D eigenvalue weighted by atomic mass is 35.5. The van der Waals surface area contributed by atoms with Crippen molar-refractivity contribution >= 4 is 35.5 Å². The molecular formula is C30H35ClFN9O. The Labute approximate surface area is 251 Å². The van der Waals surface area contributed by atoms with Crippen LogP contribution >= 0.6 is 12.4 Å². The van der Waals surface area contributed by atoms with Gasteiger partial charge in [-0.1, -0.05) is 6.07 Å².